The van der Waals surface area contributed by atoms with E-state index in [4.69, 9.17) is 14.9 Å². The highest BCUT2D eigenvalue weighted by Crippen LogP contribution is 2.19. The first-order valence-corrected chi connectivity index (χ1v) is 6.68. The Bertz CT molecular complexity index is 537. The van der Waals surface area contributed by atoms with Crippen LogP contribution in [-0.4, -0.2) is 40.8 Å². The predicted molar refractivity (Wildman–Crippen MR) is 75.7 cm³/mol. The summed E-state index contributed by atoms with van der Waals surface area (Å²) in [5, 5.41) is 20.6. The highest BCUT2D eigenvalue weighted by Gasteiger charge is 2.30. The fourth-order valence-electron chi connectivity index (χ4n) is 2.07. The number of hydrogen-bond acceptors (Lipinski definition) is 4. The van der Waals surface area contributed by atoms with E-state index in [1.165, 1.54) is 18.2 Å². The van der Waals surface area contributed by atoms with Crippen LogP contribution in [0.25, 0.3) is 6.08 Å². The van der Waals surface area contributed by atoms with Gasteiger partial charge >= 0.3 is 5.97 Å². The number of aliphatic carboxylic acids is 1. The number of phenolic OH excluding ortho intramolecular Hbond substituents is 1. The molecule has 6 heteroatoms. The molecule has 1 amide bonds. The van der Waals surface area contributed by atoms with Gasteiger partial charge in [0, 0.05) is 12.6 Å². The Labute approximate surface area is 122 Å². The molecule has 1 aliphatic rings. The number of rotatable bonds is 5. The maximum Gasteiger partial charge on any atom is 0.332 e. The first-order chi connectivity index (χ1) is 10.0. The molecular weight excluding hydrogens is 274 g/mol. The van der Waals surface area contributed by atoms with Crippen molar-refractivity contribution in [3.05, 3.63) is 35.9 Å². The standard InChI is InChI=1S/C15H17NO5/c17-11-4-1-10(2-5-11)3-8-14(18)16-9-12-6-7-13(21-12)15(19)20/h1-5,8,12-13,17H,6-7,9H2,(H,16,18)(H,19,20)/b8-3+. The van der Waals surface area contributed by atoms with Crippen LogP contribution in [0.2, 0.25) is 0 Å². The molecule has 3 N–H and O–H groups in total. The number of phenols is 1. The number of amides is 1. The van der Waals surface area contributed by atoms with Crippen LogP contribution >= 0.6 is 0 Å². The van der Waals surface area contributed by atoms with Crippen molar-refractivity contribution in [1.29, 1.82) is 0 Å². The number of hydrogen-bond donors (Lipinski definition) is 3. The molecule has 2 rings (SSSR count). The van der Waals surface area contributed by atoms with Crippen molar-refractivity contribution in [3.63, 3.8) is 0 Å². The Hall–Kier alpha value is -2.34. The van der Waals surface area contributed by atoms with E-state index >= 15 is 0 Å². The van der Waals surface area contributed by atoms with Crippen molar-refractivity contribution in [2.24, 2.45) is 0 Å². The molecule has 2 atom stereocenters. The van der Waals surface area contributed by atoms with Gasteiger partial charge in [0.1, 0.15) is 5.75 Å². The van der Waals surface area contributed by atoms with Crippen LogP contribution in [0.5, 0.6) is 5.75 Å². The Morgan fingerprint density at radius 2 is 2.00 bits per heavy atom. The first kappa shape index (κ1) is 15.1. The summed E-state index contributed by atoms with van der Waals surface area (Å²) in [5.41, 5.74) is 0.797. The number of aromatic hydroxyl groups is 1. The number of benzene rings is 1. The summed E-state index contributed by atoms with van der Waals surface area (Å²) in [6.07, 6.45) is 3.09. The van der Waals surface area contributed by atoms with Crippen molar-refractivity contribution >= 4 is 18.0 Å². The minimum absolute atomic E-state index is 0.169. The minimum atomic E-state index is -0.962. The molecule has 6 nitrogen and oxygen atoms in total. The molecule has 1 aromatic rings. The lowest BCUT2D eigenvalue weighted by Gasteiger charge is -2.11. The van der Waals surface area contributed by atoms with Gasteiger partial charge in [-0.3, -0.25) is 4.79 Å². The van der Waals surface area contributed by atoms with Crippen molar-refractivity contribution < 1.29 is 24.5 Å². The summed E-state index contributed by atoms with van der Waals surface area (Å²) in [6, 6.07) is 6.46. The number of carboxylic acids is 1. The third-order valence-corrected chi connectivity index (χ3v) is 3.21. The van der Waals surface area contributed by atoms with Gasteiger partial charge in [-0.05, 0) is 36.6 Å². The van der Waals surface area contributed by atoms with Crippen LogP contribution in [0, 0.1) is 0 Å². The lowest BCUT2D eigenvalue weighted by Crippen LogP contribution is -2.32. The van der Waals surface area contributed by atoms with Crippen molar-refractivity contribution in [2.45, 2.75) is 25.0 Å². The maximum absolute atomic E-state index is 11.6. The molecule has 2 unspecified atom stereocenters. The smallest absolute Gasteiger partial charge is 0.332 e. The van der Waals surface area contributed by atoms with Gasteiger partial charge < -0.3 is 20.3 Å². The molecule has 1 fully saturated rings. The molecule has 0 aliphatic carbocycles. The number of carbonyl (C=O) groups excluding carboxylic acids is 1. The van der Waals surface area contributed by atoms with Crippen molar-refractivity contribution in [2.75, 3.05) is 6.54 Å². The Kier molecular flexibility index (Phi) is 4.94. The SMILES string of the molecule is O=C(/C=C/c1ccc(O)cc1)NCC1CCC(C(=O)O)O1. The highest BCUT2D eigenvalue weighted by molar-refractivity contribution is 5.91. The van der Waals surface area contributed by atoms with Gasteiger partial charge in [-0.15, -0.1) is 0 Å². The molecule has 1 aliphatic heterocycles. The molecule has 1 heterocycles. The van der Waals surface area contributed by atoms with E-state index in [1.807, 2.05) is 0 Å². The lowest BCUT2D eigenvalue weighted by atomic mass is 10.2. The average molecular weight is 291 g/mol. The summed E-state index contributed by atoms with van der Waals surface area (Å²) >= 11 is 0. The summed E-state index contributed by atoms with van der Waals surface area (Å²) < 4.78 is 5.28. The summed E-state index contributed by atoms with van der Waals surface area (Å²) in [5.74, 6) is -1.07. The lowest BCUT2D eigenvalue weighted by molar-refractivity contribution is -0.149. The number of carboxylic acid groups (broad SMARTS) is 1. The predicted octanol–water partition coefficient (Wildman–Crippen LogP) is 1.15. The Balaban J connectivity index is 1.75. The van der Waals surface area contributed by atoms with Crippen LogP contribution in [0.3, 0.4) is 0 Å². The average Bonchev–Trinajstić information content (AvgIpc) is 2.93. The van der Waals surface area contributed by atoms with E-state index in [0.29, 0.717) is 19.4 Å². The normalized spacial score (nSPS) is 21.5. The second-order valence-corrected chi connectivity index (χ2v) is 4.83. The summed E-state index contributed by atoms with van der Waals surface area (Å²) in [4.78, 5) is 22.4. The van der Waals surface area contributed by atoms with E-state index in [-0.39, 0.29) is 17.8 Å². The first-order valence-electron chi connectivity index (χ1n) is 6.68. The van der Waals surface area contributed by atoms with Crippen molar-refractivity contribution in [1.82, 2.24) is 5.32 Å². The van der Waals surface area contributed by atoms with Gasteiger partial charge in [-0.1, -0.05) is 12.1 Å². The quantitative estimate of drug-likeness (QED) is 0.707. The third kappa shape index (κ3) is 4.61. The van der Waals surface area contributed by atoms with E-state index in [1.54, 1.807) is 18.2 Å². The van der Waals surface area contributed by atoms with Gasteiger partial charge in [-0.2, -0.15) is 0 Å². The van der Waals surface area contributed by atoms with Crippen LogP contribution in [-0.2, 0) is 14.3 Å². The molecule has 21 heavy (non-hydrogen) atoms. The molecule has 0 aromatic heterocycles. The molecule has 1 aromatic carbocycles. The molecule has 1 saturated heterocycles. The molecule has 0 saturated carbocycles. The Morgan fingerprint density at radius 1 is 1.29 bits per heavy atom. The molecule has 0 radical (unpaired) electrons. The zero-order valence-corrected chi connectivity index (χ0v) is 11.4. The van der Waals surface area contributed by atoms with Crippen LogP contribution < -0.4 is 5.32 Å². The van der Waals surface area contributed by atoms with Gasteiger partial charge in [0.15, 0.2) is 6.10 Å². The van der Waals surface area contributed by atoms with Gasteiger partial charge in [-0.25, -0.2) is 4.79 Å². The molecular formula is C15H17NO5. The van der Waals surface area contributed by atoms with Crippen LogP contribution in [0.1, 0.15) is 18.4 Å². The zero-order valence-electron chi connectivity index (χ0n) is 11.4. The molecule has 0 spiro atoms. The highest BCUT2D eigenvalue weighted by atomic mass is 16.5. The van der Waals surface area contributed by atoms with Gasteiger partial charge in [0.2, 0.25) is 5.91 Å². The fraction of sp³-hybridized carbons (Fsp3) is 0.333. The number of carbonyl (C=O) groups is 2. The van der Waals surface area contributed by atoms with Crippen molar-refractivity contribution in [3.8, 4) is 5.75 Å². The van der Waals surface area contributed by atoms with Crippen LogP contribution in [0.4, 0.5) is 0 Å². The maximum atomic E-state index is 11.6. The minimum Gasteiger partial charge on any atom is -0.508 e. The topological polar surface area (TPSA) is 95.9 Å². The summed E-state index contributed by atoms with van der Waals surface area (Å²) in [7, 11) is 0. The van der Waals surface area contributed by atoms with E-state index < -0.39 is 12.1 Å². The molecule has 112 valence electrons. The molecule has 0 bridgehead atoms. The van der Waals surface area contributed by atoms with E-state index in [9.17, 15) is 9.59 Å². The Morgan fingerprint density at radius 3 is 2.62 bits per heavy atom. The van der Waals surface area contributed by atoms with Gasteiger partial charge in [0.25, 0.3) is 0 Å². The van der Waals surface area contributed by atoms with Crippen LogP contribution in [0.15, 0.2) is 30.3 Å². The second-order valence-electron chi connectivity index (χ2n) is 4.83. The summed E-state index contributed by atoms with van der Waals surface area (Å²) in [6.45, 7) is 0.294. The largest absolute Gasteiger partial charge is 0.508 e. The van der Waals surface area contributed by atoms with Gasteiger partial charge in [0.05, 0.1) is 6.10 Å². The van der Waals surface area contributed by atoms with E-state index in [2.05, 4.69) is 5.32 Å². The number of nitrogens with one attached hydrogen (secondary N) is 1. The number of ether oxygens (including phenoxy) is 1. The van der Waals surface area contributed by atoms with E-state index in [0.717, 1.165) is 5.56 Å². The third-order valence-electron chi connectivity index (χ3n) is 3.21. The fourth-order valence-corrected chi connectivity index (χ4v) is 2.07. The second kappa shape index (κ2) is 6.90. The monoisotopic (exact) mass is 291 g/mol. The zero-order chi connectivity index (χ0) is 15.2.